The number of carbonyl (C=O) groups excluding carboxylic acids is 1. The standard InChI is InChI=1S/C24H27NO6/c1-13(2)22(26)29-19-18-15-11-17-16(27-12-28-17)10-14(15)6-9-25-8-5-7-24(18,25)21-20(19)30-23(3,4)31-21/h10-11,20-21H,1,5-9,12H2,2-4H3/t20-,21-,24-/m1/s1. The van der Waals surface area contributed by atoms with Crippen molar-refractivity contribution in [2.24, 2.45) is 0 Å². The highest BCUT2D eigenvalue weighted by molar-refractivity contribution is 5.91. The summed E-state index contributed by atoms with van der Waals surface area (Å²) in [5.41, 5.74) is 3.15. The first-order chi connectivity index (χ1) is 14.8. The lowest BCUT2D eigenvalue weighted by molar-refractivity contribution is -0.159. The molecule has 0 N–H and O–H groups in total. The summed E-state index contributed by atoms with van der Waals surface area (Å²) in [5, 5.41) is 0. The Morgan fingerprint density at radius 3 is 2.74 bits per heavy atom. The summed E-state index contributed by atoms with van der Waals surface area (Å²) >= 11 is 0. The molecule has 4 aliphatic heterocycles. The van der Waals surface area contributed by atoms with E-state index in [0.717, 1.165) is 60.6 Å². The zero-order valence-corrected chi connectivity index (χ0v) is 18.2. The molecule has 0 saturated carbocycles. The molecule has 4 heterocycles. The van der Waals surface area contributed by atoms with Crippen LogP contribution in [0.3, 0.4) is 0 Å². The van der Waals surface area contributed by atoms with Crippen molar-refractivity contribution >= 4 is 11.5 Å². The predicted octanol–water partition coefficient (Wildman–Crippen LogP) is 3.17. The smallest absolute Gasteiger partial charge is 0.338 e. The first-order valence-corrected chi connectivity index (χ1v) is 11.0. The SMILES string of the molecule is C=C(C)C(=O)OC1=C2c3cc4c(cc3CCN3CCC[C@]23[C@@H]2OC(C)(C)O[C@H]12)OCO4. The zero-order valence-electron chi connectivity index (χ0n) is 18.2. The second-order valence-corrected chi connectivity index (χ2v) is 9.51. The second-order valence-electron chi connectivity index (χ2n) is 9.51. The lowest BCUT2D eigenvalue weighted by atomic mass is 9.81. The third-order valence-corrected chi connectivity index (χ3v) is 7.13. The van der Waals surface area contributed by atoms with Crippen LogP contribution in [0.4, 0.5) is 0 Å². The van der Waals surface area contributed by atoms with E-state index in [1.807, 2.05) is 19.9 Å². The Balaban J connectivity index is 1.61. The predicted molar refractivity (Wildman–Crippen MR) is 111 cm³/mol. The molecular formula is C24H27NO6. The van der Waals surface area contributed by atoms with Crippen molar-refractivity contribution in [3.8, 4) is 11.5 Å². The molecule has 1 aliphatic carbocycles. The second kappa shape index (κ2) is 6.34. The number of ether oxygens (including phenoxy) is 5. The van der Waals surface area contributed by atoms with Gasteiger partial charge in [-0.25, -0.2) is 4.79 Å². The number of hydrogen-bond donors (Lipinski definition) is 0. The first kappa shape index (κ1) is 19.3. The number of benzene rings is 1. The van der Waals surface area contributed by atoms with E-state index >= 15 is 0 Å². The van der Waals surface area contributed by atoms with E-state index in [1.165, 1.54) is 0 Å². The fraction of sp³-hybridized carbons (Fsp3) is 0.542. The van der Waals surface area contributed by atoms with E-state index in [4.69, 9.17) is 23.7 Å². The molecule has 7 heteroatoms. The molecule has 2 fully saturated rings. The van der Waals surface area contributed by atoms with Gasteiger partial charge in [-0.1, -0.05) is 6.58 Å². The van der Waals surface area contributed by atoms with Gasteiger partial charge in [0.25, 0.3) is 0 Å². The number of rotatable bonds is 2. The van der Waals surface area contributed by atoms with Crippen LogP contribution in [0.25, 0.3) is 5.57 Å². The van der Waals surface area contributed by atoms with E-state index in [1.54, 1.807) is 6.92 Å². The largest absolute Gasteiger partial charge is 0.454 e. The summed E-state index contributed by atoms with van der Waals surface area (Å²) in [6, 6.07) is 4.11. The van der Waals surface area contributed by atoms with Crippen LogP contribution in [0.5, 0.6) is 11.5 Å². The van der Waals surface area contributed by atoms with Gasteiger partial charge in [-0.2, -0.15) is 0 Å². The van der Waals surface area contributed by atoms with Crippen molar-refractivity contribution in [3.63, 3.8) is 0 Å². The molecule has 6 rings (SSSR count). The van der Waals surface area contributed by atoms with Crippen LogP contribution in [0.15, 0.2) is 30.0 Å². The molecule has 2 saturated heterocycles. The van der Waals surface area contributed by atoms with Crippen LogP contribution < -0.4 is 9.47 Å². The molecular weight excluding hydrogens is 398 g/mol. The Labute approximate surface area is 181 Å². The normalized spacial score (nSPS) is 32.2. The van der Waals surface area contributed by atoms with Crippen LogP contribution in [-0.4, -0.2) is 54.3 Å². The van der Waals surface area contributed by atoms with Crippen molar-refractivity contribution in [3.05, 3.63) is 41.2 Å². The number of nitrogens with zero attached hydrogens (tertiary/aromatic N) is 1. The Morgan fingerprint density at radius 1 is 1.19 bits per heavy atom. The van der Waals surface area contributed by atoms with Gasteiger partial charge in [0.1, 0.15) is 18.0 Å². The monoisotopic (exact) mass is 425 g/mol. The van der Waals surface area contributed by atoms with Crippen molar-refractivity contribution < 1.29 is 28.5 Å². The fourth-order valence-corrected chi connectivity index (χ4v) is 5.95. The molecule has 0 unspecified atom stereocenters. The van der Waals surface area contributed by atoms with Gasteiger partial charge in [-0.05, 0) is 69.8 Å². The van der Waals surface area contributed by atoms with E-state index in [9.17, 15) is 4.79 Å². The molecule has 1 spiro atoms. The topological polar surface area (TPSA) is 66.5 Å². The van der Waals surface area contributed by atoms with E-state index in [-0.39, 0.29) is 12.9 Å². The molecule has 0 amide bonds. The van der Waals surface area contributed by atoms with Crippen molar-refractivity contribution in [2.75, 3.05) is 19.9 Å². The summed E-state index contributed by atoms with van der Waals surface area (Å²) in [4.78, 5) is 15.2. The summed E-state index contributed by atoms with van der Waals surface area (Å²) in [5.74, 6) is 0.843. The van der Waals surface area contributed by atoms with Crippen LogP contribution in [0, 0.1) is 0 Å². The third-order valence-electron chi connectivity index (χ3n) is 7.13. The maximum Gasteiger partial charge on any atom is 0.338 e. The van der Waals surface area contributed by atoms with Gasteiger partial charge in [-0.15, -0.1) is 0 Å². The van der Waals surface area contributed by atoms with E-state index in [2.05, 4.69) is 17.5 Å². The molecule has 0 radical (unpaired) electrons. The zero-order chi connectivity index (χ0) is 21.5. The van der Waals surface area contributed by atoms with E-state index in [0.29, 0.717) is 11.3 Å². The van der Waals surface area contributed by atoms with Crippen molar-refractivity contribution in [1.82, 2.24) is 4.90 Å². The lowest BCUT2D eigenvalue weighted by Gasteiger charge is -2.40. The van der Waals surface area contributed by atoms with Gasteiger partial charge in [0.05, 0.1) is 5.54 Å². The van der Waals surface area contributed by atoms with Gasteiger partial charge < -0.3 is 23.7 Å². The van der Waals surface area contributed by atoms with Crippen molar-refractivity contribution in [2.45, 2.75) is 63.6 Å². The summed E-state index contributed by atoms with van der Waals surface area (Å²) in [6.07, 6.45) is 2.15. The Morgan fingerprint density at radius 2 is 1.97 bits per heavy atom. The summed E-state index contributed by atoms with van der Waals surface area (Å²) in [7, 11) is 0. The number of fused-ring (bicyclic) bond motifs is 4. The molecule has 0 aromatic heterocycles. The molecule has 31 heavy (non-hydrogen) atoms. The van der Waals surface area contributed by atoms with Gasteiger partial charge in [0, 0.05) is 17.7 Å². The Hall–Kier alpha value is -2.35. The maximum atomic E-state index is 12.7. The van der Waals surface area contributed by atoms with Crippen LogP contribution in [0.2, 0.25) is 0 Å². The summed E-state index contributed by atoms with van der Waals surface area (Å²) < 4.78 is 30.2. The number of carbonyl (C=O) groups is 1. The average Bonchev–Trinajstić information content (AvgIpc) is 3.43. The molecule has 0 bridgehead atoms. The molecule has 1 aromatic rings. The molecule has 1 aromatic carbocycles. The van der Waals surface area contributed by atoms with Gasteiger partial charge in [0.15, 0.2) is 17.3 Å². The van der Waals surface area contributed by atoms with Gasteiger partial charge in [-0.3, -0.25) is 4.90 Å². The van der Waals surface area contributed by atoms with Crippen molar-refractivity contribution in [1.29, 1.82) is 0 Å². The van der Waals surface area contributed by atoms with Crippen LogP contribution in [-0.2, 0) is 25.4 Å². The van der Waals surface area contributed by atoms with E-state index < -0.39 is 23.4 Å². The quantitative estimate of drug-likeness (QED) is 0.533. The highest BCUT2D eigenvalue weighted by Gasteiger charge is 2.66. The Bertz CT molecular complexity index is 1040. The van der Waals surface area contributed by atoms with Gasteiger partial charge >= 0.3 is 5.97 Å². The first-order valence-electron chi connectivity index (χ1n) is 11.0. The lowest BCUT2D eigenvalue weighted by Crippen LogP contribution is -2.53. The Kier molecular flexibility index (Phi) is 3.96. The molecule has 7 nitrogen and oxygen atoms in total. The minimum absolute atomic E-state index is 0.220. The van der Waals surface area contributed by atoms with Crippen LogP contribution in [0.1, 0.15) is 44.7 Å². The number of hydrogen-bond acceptors (Lipinski definition) is 7. The highest BCUT2D eigenvalue weighted by Crippen LogP contribution is 2.59. The molecule has 164 valence electrons. The number of esters is 1. The van der Waals surface area contributed by atoms with Crippen LogP contribution >= 0.6 is 0 Å². The average molecular weight is 425 g/mol. The fourth-order valence-electron chi connectivity index (χ4n) is 5.95. The maximum absolute atomic E-state index is 12.7. The minimum Gasteiger partial charge on any atom is -0.454 e. The third kappa shape index (κ3) is 2.60. The molecule has 3 atom stereocenters. The van der Waals surface area contributed by atoms with Gasteiger partial charge in [0.2, 0.25) is 6.79 Å². The molecule has 5 aliphatic rings. The minimum atomic E-state index is -0.755. The highest BCUT2D eigenvalue weighted by atomic mass is 16.8. The summed E-state index contributed by atoms with van der Waals surface area (Å²) in [6.45, 7) is 11.4.